The third-order valence-electron chi connectivity index (χ3n) is 6.60. The zero-order valence-corrected chi connectivity index (χ0v) is 23.4. The van der Waals surface area contributed by atoms with Crippen molar-refractivity contribution in [2.45, 2.75) is 13.5 Å². The molecule has 0 saturated carbocycles. The lowest BCUT2D eigenvalue weighted by atomic mass is 10.1. The van der Waals surface area contributed by atoms with Crippen LogP contribution in [-0.4, -0.2) is 54.1 Å². The summed E-state index contributed by atoms with van der Waals surface area (Å²) >= 11 is 0. The number of anilines is 6. The van der Waals surface area contributed by atoms with E-state index in [4.69, 9.17) is 4.74 Å². The smallest absolute Gasteiger partial charge is 0.330 e. The lowest BCUT2D eigenvalue weighted by Crippen LogP contribution is -2.46. The van der Waals surface area contributed by atoms with Crippen LogP contribution in [-0.2, 0) is 6.54 Å². The van der Waals surface area contributed by atoms with E-state index in [0.717, 1.165) is 11.1 Å². The maximum absolute atomic E-state index is 13.5. The average molecular weight is 568 g/mol. The van der Waals surface area contributed by atoms with E-state index in [2.05, 4.69) is 36.2 Å². The fourth-order valence-electron chi connectivity index (χ4n) is 4.43. The fraction of sp³-hybridized carbons (Fsp3) is 0.172. The summed E-state index contributed by atoms with van der Waals surface area (Å²) < 4.78 is 5.29. The van der Waals surface area contributed by atoms with Crippen molar-refractivity contribution < 1.29 is 19.1 Å². The third kappa shape index (κ3) is 5.75. The molecule has 42 heavy (non-hydrogen) atoms. The highest BCUT2D eigenvalue weighted by Gasteiger charge is 2.31. The van der Waals surface area contributed by atoms with Crippen molar-refractivity contribution in [3.8, 4) is 5.75 Å². The number of rotatable bonds is 7. The summed E-state index contributed by atoms with van der Waals surface area (Å²) in [5.74, 6) is 0.990. The molecule has 13 nitrogen and oxygen atoms in total. The highest BCUT2D eigenvalue weighted by Crippen LogP contribution is 2.33. The Morgan fingerprint density at radius 1 is 0.976 bits per heavy atom. The van der Waals surface area contributed by atoms with Crippen LogP contribution in [0.3, 0.4) is 0 Å². The number of nitrogens with zero attached hydrogens (tertiary/aromatic N) is 5. The Hall–Kier alpha value is -5.72. The second-order valence-electron chi connectivity index (χ2n) is 9.39. The van der Waals surface area contributed by atoms with Gasteiger partial charge in [-0.2, -0.15) is 4.98 Å². The quantitative estimate of drug-likeness (QED) is 0.254. The first kappa shape index (κ1) is 27.8. The molecule has 1 aliphatic rings. The number of pyridine rings is 1. The van der Waals surface area contributed by atoms with Crippen molar-refractivity contribution >= 4 is 52.5 Å². The van der Waals surface area contributed by atoms with Crippen LogP contribution >= 0.6 is 0 Å². The van der Waals surface area contributed by atoms with Gasteiger partial charge in [-0.15, -0.1) is 0 Å². The molecule has 0 aliphatic carbocycles. The SMILES string of the molecule is CNC(=O)c1ccc(Nc2ncc3c(n2)N(C)C(=O)N(c2cc(NC(=O)Nc4ccccc4OC)ccc2C)C3)cn1. The van der Waals surface area contributed by atoms with Crippen molar-refractivity contribution in [2.24, 2.45) is 0 Å². The molecule has 2 aromatic heterocycles. The van der Waals surface area contributed by atoms with Gasteiger partial charge in [0, 0.05) is 31.5 Å². The molecule has 214 valence electrons. The Kier molecular flexibility index (Phi) is 7.82. The van der Waals surface area contributed by atoms with Gasteiger partial charge in [-0.25, -0.2) is 19.6 Å². The molecule has 0 saturated heterocycles. The number of urea groups is 2. The Balaban J connectivity index is 1.32. The number of benzene rings is 2. The van der Waals surface area contributed by atoms with Crippen molar-refractivity contribution in [3.63, 3.8) is 0 Å². The van der Waals surface area contributed by atoms with Gasteiger partial charge in [0.2, 0.25) is 5.95 Å². The van der Waals surface area contributed by atoms with Gasteiger partial charge in [0.05, 0.1) is 36.9 Å². The molecule has 2 aromatic carbocycles. The van der Waals surface area contributed by atoms with E-state index >= 15 is 0 Å². The van der Waals surface area contributed by atoms with Gasteiger partial charge in [0.1, 0.15) is 17.3 Å². The third-order valence-corrected chi connectivity index (χ3v) is 6.60. The molecule has 4 aromatic rings. The fourth-order valence-corrected chi connectivity index (χ4v) is 4.43. The van der Waals surface area contributed by atoms with Gasteiger partial charge in [0.25, 0.3) is 5.91 Å². The minimum absolute atomic E-state index is 0.235. The van der Waals surface area contributed by atoms with Crippen molar-refractivity contribution in [1.82, 2.24) is 20.3 Å². The first-order valence-corrected chi connectivity index (χ1v) is 13.0. The Bertz CT molecular complexity index is 1660. The second kappa shape index (κ2) is 11.8. The number of methoxy groups -OCH3 is 1. The van der Waals surface area contributed by atoms with E-state index in [0.29, 0.717) is 34.3 Å². The molecule has 4 N–H and O–H groups in total. The monoisotopic (exact) mass is 567 g/mol. The zero-order valence-electron chi connectivity index (χ0n) is 23.4. The van der Waals surface area contributed by atoms with Gasteiger partial charge in [-0.1, -0.05) is 18.2 Å². The first-order valence-electron chi connectivity index (χ1n) is 13.0. The molecule has 3 heterocycles. The molecule has 5 amide bonds. The Morgan fingerprint density at radius 2 is 1.76 bits per heavy atom. The van der Waals surface area contributed by atoms with Gasteiger partial charge < -0.3 is 26.0 Å². The second-order valence-corrected chi connectivity index (χ2v) is 9.39. The van der Waals surface area contributed by atoms with Crippen LogP contribution in [0.15, 0.2) is 67.0 Å². The van der Waals surface area contributed by atoms with Gasteiger partial charge in [-0.3, -0.25) is 14.6 Å². The summed E-state index contributed by atoms with van der Waals surface area (Å²) in [6, 6.07) is 15.0. The van der Waals surface area contributed by atoms with Gasteiger partial charge in [0.15, 0.2) is 0 Å². The Morgan fingerprint density at radius 3 is 2.50 bits per heavy atom. The summed E-state index contributed by atoms with van der Waals surface area (Å²) in [6.07, 6.45) is 3.16. The molecule has 0 fully saturated rings. The van der Waals surface area contributed by atoms with E-state index in [1.807, 2.05) is 19.1 Å². The van der Waals surface area contributed by atoms with Crippen molar-refractivity contribution in [3.05, 3.63) is 83.8 Å². The van der Waals surface area contributed by atoms with Crippen molar-refractivity contribution in [1.29, 1.82) is 0 Å². The lowest BCUT2D eigenvalue weighted by Gasteiger charge is -2.35. The predicted octanol–water partition coefficient (Wildman–Crippen LogP) is 4.51. The number of ether oxygens (including phenoxy) is 1. The maximum atomic E-state index is 13.5. The molecule has 0 radical (unpaired) electrons. The van der Waals surface area contributed by atoms with E-state index in [-0.39, 0.29) is 30.1 Å². The molecule has 0 bridgehead atoms. The number of carbonyl (C=O) groups is 3. The normalized spacial score (nSPS) is 12.3. The van der Waals surface area contributed by atoms with E-state index in [9.17, 15) is 14.4 Å². The highest BCUT2D eigenvalue weighted by molar-refractivity contribution is 6.06. The van der Waals surface area contributed by atoms with Crippen molar-refractivity contribution in [2.75, 3.05) is 47.0 Å². The van der Waals surface area contributed by atoms with Crippen LogP contribution in [0.1, 0.15) is 21.6 Å². The molecule has 0 spiro atoms. The standard InChI is InChI=1S/C29H29N9O4/c1-17-9-10-19(34-28(40)35-21-7-5-6-8-24(21)42-4)13-23(17)38-16-18-14-32-27(36-25(18)37(3)29(38)41)33-20-11-12-22(31-15-20)26(39)30-2/h5-15H,16H2,1-4H3,(H,30,39)(H,32,33,36)(H2,34,35,40). The molecular formula is C29H29N9O4. The molecular weight excluding hydrogens is 538 g/mol. The number of para-hydroxylation sites is 2. The number of hydrogen-bond donors (Lipinski definition) is 4. The highest BCUT2D eigenvalue weighted by atomic mass is 16.5. The number of nitrogens with one attached hydrogen (secondary N) is 4. The van der Waals surface area contributed by atoms with Gasteiger partial charge >= 0.3 is 12.1 Å². The number of aryl methyl sites for hydroxylation is 1. The van der Waals surface area contributed by atoms with Crippen LogP contribution < -0.4 is 35.8 Å². The van der Waals surface area contributed by atoms with Crippen LogP contribution in [0.2, 0.25) is 0 Å². The predicted molar refractivity (Wildman–Crippen MR) is 160 cm³/mol. The largest absolute Gasteiger partial charge is 0.495 e. The summed E-state index contributed by atoms with van der Waals surface area (Å²) in [5.41, 5.74) is 4.13. The topological polar surface area (TPSA) is 154 Å². The maximum Gasteiger partial charge on any atom is 0.330 e. The number of aromatic nitrogens is 3. The van der Waals surface area contributed by atoms with E-state index < -0.39 is 6.03 Å². The van der Waals surface area contributed by atoms with Gasteiger partial charge in [-0.05, 0) is 48.9 Å². The van der Waals surface area contributed by atoms with Crippen LogP contribution in [0.25, 0.3) is 0 Å². The van der Waals surface area contributed by atoms with Crippen LogP contribution in [0, 0.1) is 6.92 Å². The van der Waals surface area contributed by atoms with Crippen LogP contribution in [0.5, 0.6) is 5.75 Å². The summed E-state index contributed by atoms with van der Waals surface area (Å²) in [4.78, 5) is 54.1. The molecule has 1 aliphatic heterocycles. The summed E-state index contributed by atoms with van der Waals surface area (Å²) in [6.45, 7) is 2.13. The number of fused-ring (bicyclic) bond motifs is 1. The average Bonchev–Trinajstić information content (AvgIpc) is 3.00. The van der Waals surface area contributed by atoms with E-state index in [1.54, 1.807) is 60.6 Å². The summed E-state index contributed by atoms with van der Waals surface area (Å²) in [7, 11) is 4.71. The number of hydrogen-bond acceptors (Lipinski definition) is 8. The minimum atomic E-state index is -0.450. The summed E-state index contributed by atoms with van der Waals surface area (Å²) in [5, 5.41) is 11.2. The molecule has 13 heteroatoms. The minimum Gasteiger partial charge on any atom is -0.495 e. The molecule has 5 rings (SSSR count). The molecule has 0 atom stereocenters. The van der Waals surface area contributed by atoms with Crippen LogP contribution in [0.4, 0.5) is 44.1 Å². The molecule has 0 unspecified atom stereocenters. The lowest BCUT2D eigenvalue weighted by molar-refractivity contribution is 0.0958. The van der Waals surface area contributed by atoms with E-state index in [1.165, 1.54) is 25.3 Å². The number of amides is 5. The number of carbonyl (C=O) groups excluding carboxylic acids is 3. The Labute approximate surface area is 241 Å². The zero-order chi connectivity index (χ0) is 29.8. The first-order chi connectivity index (χ1) is 20.3.